The van der Waals surface area contributed by atoms with Gasteiger partial charge in [0.15, 0.2) is 5.78 Å². The van der Waals surface area contributed by atoms with Crippen LogP contribution in [0.2, 0.25) is 0 Å². The molecule has 2 aromatic rings. The summed E-state index contributed by atoms with van der Waals surface area (Å²) in [6, 6.07) is 13.0. The molecule has 3 rings (SSSR count). The summed E-state index contributed by atoms with van der Waals surface area (Å²) < 4.78 is 4.74. The van der Waals surface area contributed by atoms with Gasteiger partial charge in [0.05, 0.1) is 11.1 Å². The SMILES string of the molecule is CC(=O)c1ccccc1C(=O)O.CC1(O)OC(=O)c2ccccc21. The highest BCUT2D eigenvalue weighted by Gasteiger charge is 2.39. The normalized spacial score (nSPS) is 18.0. The van der Waals surface area contributed by atoms with Crippen LogP contribution in [0, 0.1) is 0 Å². The number of hydrogen-bond donors (Lipinski definition) is 2. The number of cyclic esters (lactones) is 1. The van der Waals surface area contributed by atoms with Crippen molar-refractivity contribution in [2.75, 3.05) is 0 Å². The van der Waals surface area contributed by atoms with Crippen LogP contribution in [0.15, 0.2) is 48.5 Å². The number of hydrogen-bond acceptors (Lipinski definition) is 5. The molecule has 0 saturated carbocycles. The molecule has 1 atom stereocenters. The number of carboxylic acid groups (broad SMARTS) is 1. The van der Waals surface area contributed by atoms with E-state index >= 15 is 0 Å². The Morgan fingerprint density at radius 2 is 1.54 bits per heavy atom. The summed E-state index contributed by atoms with van der Waals surface area (Å²) in [5.41, 5.74) is 1.30. The van der Waals surface area contributed by atoms with Crippen molar-refractivity contribution in [2.24, 2.45) is 0 Å². The number of aromatic carboxylic acids is 1. The first kappa shape index (κ1) is 17.4. The van der Waals surface area contributed by atoms with Crippen molar-refractivity contribution >= 4 is 17.7 Å². The van der Waals surface area contributed by atoms with Crippen LogP contribution in [-0.4, -0.2) is 27.9 Å². The van der Waals surface area contributed by atoms with E-state index in [0.29, 0.717) is 11.1 Å². The van der Waals surface area contributed by atoms with Gasteiger partial charge in [-0.1, -0.05) is 36.4 Å². The number of carbonyl (C=O) groups excluding carboxylic acids is 2. The fourth-order valence-corrected chi connectivity index (χ4v) is 2.33. The van der Waals surface area contributed by atoms with E-state index in [1.54, 1.807) is 36.4 Å². The maximum absolute atomic E-state index is 11.1. The number of fused-ring (bicyclic) bond motifs is 1. The summed E-state index contributed by atoms with van der Waals surface area (Å²) in [5, 5.41) is 18.2. The third kappa shape index (κ3) is 3.49. The molecule has 0 radical (unpaired) electrons. The second-order valence-corrected chi connectivity index (χ2v) is 5.32. The zero-order valence-corrected chi connectivity index (χ0v) is 13.1. The topological polar surface area (TPSA) is 101 Å². The minimum absolute atomic E-state index is 0.0602. The second kappa shape index (κ2) is 6.64. The van der Waals surface area contributed by atoms with Gasteiger partial charge in [0.25, 0.3) is 0 Å². The summed E-state index contributed by atoms with van der Waals surface area (Å²) in [6.07, 6.45) is 0. The van der Waals surface area contributed by atoms with Gasteiger partial charge in [-0.3, -0.25) is 4.79 Å². The highest BCUT2D eigenvalue weighted by molar-refractivity contribution is 6.04. The van der Waals surface area contributed by atoms with Crippen LogP contribution in [0.4, 0.5) is 0 Å². The number of carbonyl (C=O) groups is 3. The average Bonchev–Trinajstić information content (AvgIpc) is 2.78. The van der Waals surface area contributed by atoms with Gasteiger partial charge in [0.1, 0.15) is 0 Å². The molecular weight excluding hydrogens is 312 g/mol. The fourth-order valence-electron chi connectivity index (χ4n) is 2.33. The highest BCUT2D eigenvalue weighted by Crippen LogP contribution is 2.33. The molecule has 24 heavy (non-hydrogen) atoms. The summed E-state index contributed by atoms with van der Waals surface area (Å²) in [5.74, 6) is -3.21. The van der Waals surface area contributed by atoms with Crippen LogP contribution >= 0.6 is 0 Å². The number of Topliss-reactive ketones (excluding diaryl/α,β-unsaturated/α-hetero) is 1. The Hall–Kier alpha value is -2.99. The van der Waals surface area contributed by atoms with Crippen molar-refractivity contribution in [3.63, 3.8) is 0 Å². The Kier molecular flexibility index (Phi) is 4.80. The van der Waals surface area contributed by atoms with Crippen molar-refractivity contribution in [1.82, 2.24) is 0 Å². The molecule has 1 aliphatic rings. The van der Waals surface area contributed by atoms with Gasteiger partial charge in [-0.05, 0) is 19.1 Å². The molecule has 0 bridgehead atoms. The number of rotatable bonds is 2. The van der Waals surface area contributed by atoms with Crippen molar-refractivity contribution in [1.29, 1.82) is 0 Å². The molecule has 2 N–H and O–H groups in total. The molecule has 2 aromatic carbocycles. The van der Waals surface area contributed by atoms with Crippen LogP contribution in [0.3, 0.4) is 0 Å². The number of aliphatic hydroxyl groups is 1. The zero-order valence-electron chi connectivity index (χ0n) is 13.1. The highest BCUT2D eigenvalue weighted by atomic mass is 16.7. The maximum atomic E-state index is 11.1. The lowest BCUT2D eigenvalue weighted by Crippen LogP contribution is -2.20. The van der Waals surface area contributed by atoms with Gasteiger partial charge in [-0.2, -0.15) is 0 Å². The molecule has 1 unspecified atom stereocenters. The number of benzene rings is 2. The lowest BCUT2D eigenvalue weighted by atomic mass is 10.0. The Morgan fingerprint density at radius 1 is 1.00 bits per heavy atom. The largest absolute Gasteiger partial charge is 0.478 e. The fraction of sp³-hybridized carbons (Fsp3) is 0.167. The Bertz CT molecular complexity index is 774. The molecule has 6 heteroatoms. The van der Waals surface area contributed by atoms with Gasteiger partial charge in [0, 0.05) is 18.1 Å². The monoisotopic (exact) mass is 328 g/mol. The third-order valence-electron chi connectivity index (χ3n) is 3.47. The summed E-state index contributed by atoms with van der Waals surface area (Å²) in [6.45, 7) is 2.80. The first-order valence-electron chi connectivity index (χ1n) is 7.12. The van der Waals surface area contributed by atoms with E-state index in [0.717, 1.165) is 0 Å². The minimum Gasteiger partial charge on any atom is -0.478 e. The van der Waals surface area contributed by atoms with Gasteiger partial charge >= 0.3 is 11.9 Å². The molecule has 0 aliphatic carbocycles. The molecule has 6 nitrogen and oxygen atoms in total. The van der Waals surface area contributed by atoms with Crippen LogP contribution in [0.1, 0.15) is 50.5 Å². The Morgan fingerprint density at radius 3 is 2.04 bits per heavy atom. The Labute approximate surface area is 138 Å². The smallest absolute Gasteiger partial charge is 0.341 e. The number of ether oxygens (including phenoxy) is 1. The summed E-state index contributed by atoms with van der Waals surface area (Å²) in [4.78, 5) is 32.6. The summed E-state index contributed by atoms with van der Waals surface area (Å²) >= 11 is 0. The average molecular weight is 328 g/mol. The van der Waals surface area contributed by atoms with Crippen molar-refractivity contribution < 1.29 is 29.3 Å². The number of esters is 1. The standard InChI is InChI=1S/2C9H8O3/c1-9(11)7-5-3-2-4-6(7)8(10)12-9;1-6(10)7-4-2-3-5-8(7)9(11)12/h2-5,11H,1H3;2-5H,1H3,(H,11,12). The van der Waals surface area contributed by atoms with Gasteiger partial charge in [-0.25, -0.2) is 9.59 Å². The van der Waals surface area contributed by atoms with E-state index in [1.807, 2.05) is 0 Å². The first-order valence-corrected chi connectivity index (χ1v) is 7.12. The maximum Gasteiger partial charge on any atom is 0.341 e. The van der Waals surface area contributed by atoms with E-state index in [4.69, 9.17) is 9.84 Å². The lowest BCUT2D eigenvalue weighted by Gasteiger charge is -2.15. The van der Waals surface area contributed by atoms with Crippen LogP contribution in [0.25, 0.3) is 0 Å². The molecule has 1 aliphatic heterocycles. The third-order valence-corrected chi connectivity index (χ3v) is 3.47. The quantitative estimate of drug-likeness (QED) is 0.649. The van der Waals surface area contributed by atoms with E-state index in [1.165, 1.54) is 26.0 Å². The van der Waals surface area contributed by atoms with Gasteiger partial charge in [0.2, 0.25) is 5.79 Å². The van der Waals surface area contributed by atoms with E-state index in [2.05, 4.69) is 0 Å². The molecule has 0 saturated heterocycles. The van der Waals surface area contributed by atoms with E-state index < -0.39 is 17.7 Å². The molecule has 124 valence electrons. The predicted octanol–water partition coefficient (Wildman–Crippen LogP) is 2.61. The van der Waals surface area contributed by atoms with Crippen molar-refractivity contribution in [3.8, 4) is 0 Å². The van der Waals surface area contributed by atoms with Crippen LogP contribution < -0.4 is 0 Å². The van der Waals surface area contributed by atoms with Gasteiger partial charge < -0.3 is 14.9 Å². The number of ketones is 1. The molecule has 0 spiro atoms. The molecule has 0 amide bonds. The van der Waals surface area contributed by atoms with Crippen LogP contribution in [-0.2, 0) is 10.5 Å². The Balaban J connectivity index is 0.000000174. The van der Waals surface area contributed by atoms with Crippen LogP contribution in [0.5, 0.6) is 0 Å². The zero-order chi connectivity index (χ0) is 17.9. The van der Waals surface area contributed by atoms with Crippen molar-refractivity contribution in [2.45, 2.75) is 19.6 Å². The number of carboxylic acids is 1. The first-order chi connectivity index (χ1) is 11.2. The molecule has 0 aromatic heterocycles. The minimum atomic E-state index is -1.45. The lowest BCUT2D eigenvalue weighted by molar-refractivity contribution is -0.147. The molecular formula is C18H16O6. The summed E-state index contributed by atoms with van der Waals surface area (Å²) in [7, 11) is 0. The second-order valence-electron chi connectivity index (χ2n) is 5.32. The molecule has 1 heterocycles. The van der Waals surface area contributed by atoms with Crippen molar-refractivity contribution in [3.05, 3.63) is 70.8 Å². The molecule has 0 fully saturated rings. The van der Waals surface area contributed by atoms with E-state index in [9.17, 15) is 19.5 Å². The predicted molar refractivity (Wildman–Crippen MR) is 84.8 cm³/mol. The van der Waals surface area contributed by atoms with Gasteiger partial charge in [-0.15, -0.1) is 0 Å². The van der Waals surface area contributed by atoms with E-state index in [-0.39, 0.29) is 16.9 Å².